The first kappa shape index (κ1) is 14.3. The van der Waals surface area contributed by atoms with Crippen molar-refractivity contribution in [1.29, 1.82) is 0 Å². The smallest absolute Gasteiger partial charge is 0.338 e. The lowest BCUT2D eigenvalue weighted by Crippen LogP contribution is -2.27. The number of aromatic nitrogens is 1. The summed E-state index contributed by atoms with van der Waals surface area (Å²) in [4.78, 5) is 14.5. The average Bonchev–Trinajstić information content (AvgIpc) is 2.32. The van der Waals surface area contributed by atoms with Gasteiger partial charge in [-0.05, 0) is 12.5 Å². The molecular formula is C11H15FN2O4. The van der Waals surface area contributed by atoms with Gasteiger partial charge in [0.1, 0.15) is 5.56 Å². The molecular weight excluding hydrogens is 243 g/mol. The Kier molecular flexibility index (Phi) is 5.47. The van der Waals surface area contributed by atoms with Crippen molar-refractivity contribution in [3.8, 4) is 0 Å². The summed E-state index contributed by atoms with van der Waals surface area (Å²) < 4.78 is 18.7. The van der Waals surface area contributed by atoms with E-state index in [1.807, 2.05) is 0 Å². The van der Waals surface area contributed by atoms with Crippen LogP contribution >= 0.6 is 0 Å². The van der Waals surface area contributed by atoms with Crippen molar-refractivity contribution in [3.63, 3.8) is 0 Å². The summed E-state index contributed by atoms with van der Waals surface area (Å²) in [5.74, 6) is -2.45. The van der Waals surface area contributed by atoms with Crippen LogP contribution in [-0.2, 0) is 4.74 Å². The molecule has 0 aliphatic heterocycles. The molecule has 1 heterocycles. The summed E-state index contributed by atoms with van der Waals surface area (Å²) in [6.07, 6.45) is 1.55. The predicted molar refractivity (Wildman–Crippen MR) is 62.1 cm³/mol. The minimum absolute atomic E-state index is 0.0960. The molecule has 0 aromatic carbocycles. The molecule has 0 saturated heterocycles. The number of methoxy groups -OCH3 is 1. The molecule has 1 unspecified atom stereocenters. The van der Waals surface area contributed by atoms with Gasteiger partial charge in [-0.1, -0.05) is 0 Å². The molecule has 0 aliphatic rings. The van der Waals surface area contributed by atoms with Gasteiger partial charge >= 0.3 is 5.97 Å². The average molecular weight is 258 g/mol. The van der Waals surface area contributed by atoms with Gasteiger partial charge in [-0.2, -0.15) is 0 Å². The van der Waals surface area contributed by atoms with Crippen LogP contribution in [0.25, 0.3) is 0 Å². The van der Waals surface area contributed by atoms with Crippen molar-refractivity contribution in [2.24, 2.45) is 0 Å². The fraction of sp³-hybridized carbons (Fsp3) is 0.455. The second kappa shape index (κ2) is 6.87. The van der Waals surface area contributed by atoms with Gasteiger partial charge in [0.15, 0.2) is 11.6 Å². The Labute approximate surface area is 103 Å². The molecule has 1 aromatic rings. The van der Waals surface area contributed by atoms with Crippen molar-refractivity contribution in [3.05, 3.63) is 23.6 Å². The third kappa shape index (κ3) is 3.64. The number of rotatable bonds is 7. The molecule has 1 rings (SSSR count). The van der Waals surface area contributed by atoms with Crippen molar-refractivity contribution < 1.29 is 24.1 Å². The maximum absolute atomic E-state index is 13.8. The molecule has 3 N–H and O–H groups in total. The van der Waals surface area contributed by atoms with Gasteiger partial charge in [0.2, 0.25) is 0 Å². The summed E-state index contributed by atoms with van der Waals surface area (Å²) in [7, 11) is 1.48. The van der Waals surface area contributed by atoms with E-state index >= 15 is 0 Å². The van der Waals surface area contributed by atoms with Gasteiger partial charge in [-0.25, -0.2) is 14.2 Å². The van der Waals surface area contributed by atoms with Gasteiger partial charge in [-0.3, -0.25) is 0 Å². The number of hydrogen-bond donors (Lipinski definition) is 3. The van der Waals surface area contributed by atoms with Gasteiger partial charge < -0.3 is 20.3 Å². The molecule has 0 bridgehead atoms. The minimum atomic E-state index is -1.36. The number of nitrogens with one attached hydrogen (secondary N) is 1. The molecule has 0 saturated carbocycles. The fourth-order valence-electron chi connectivity index (χ4n) is 1.46. The van der Waals surface area contributed by atoms with Crippen LogP contribution < -0.4 is 5.32 Å². The number of aromatic carboxylic acids is 1. The molecule has 18 heavy (non-hydrogen) atoms. The number of aliphatic hydroxyl groups excluding tert-OH is 1. The Bertz CT molecular complexity index is 408. The van der Waals surface area contributed by atoms with E-state index in [-0.39, 0.29) is 25.1 Å². The van der Waals surface area contributed by atoms with E-state index in [1.54, 1.807) is 0 Å². The van der Waals surface area contributed by atoms with Crippen LogP contribution in [0, 0.1) is 5.82 Å². The van der Waals surface area contributed by atoms with Crippen molar-refractivity contribution in [2.45, 2.75) is 12.5 Å². The fourth-order valence-corrected chi connectivity index (χ4v) is 1.46. The zero-order valence-electron chi connectivity index (χ0n) is 9.89. The van der Waals surface area contributed by atoms with E-state index in [2.05, 4.69) is 10.3 Å². The molecule has 0 radical (unpaired) electrons. The van der Waals surface area contributed by atoms with Crippen LogP contribution in [0.4, 0.5) is 10.2 Å². The highest BCUT2D eigenvalue weighted by molar-refractivity contribution is 5.88. The van der Waals surface area contributed by atoms with Crippen LogP contribution in [0.5, 0.6) is 0 Å². The molecule has 0 fully saturated rings. The minimum Gasteiger partial charge on any atom is -0.478 e. The maximum atomic E-state index is 13.8. The Hall–Kier alpha value is -1.73. The molecule has 6 nitrogen and oxygen atoms in total. The first-order valence-corrected chi connectivity index (χ1v) is 5.34. The third-order valence-electron chi connectivity index (χ3n) is 2.31. The number of carbonyl (C=O) groups is 1. The molecule has 0 spiro atoms. The van der Waals surface area contributed by atoms with Gasteiger partial charge in [-0.15, -0.1) is 0 Å². The summed E-state index contributed by atoms with van der Waals surface area (Å²) in [5.41, 5.74) is -0.451. The topological polar surface area (TPSA) is 91.7 Å². The highest BCUT2D eigenvalue weighted by Crippen LogP contribution is 2.16. The van der Waals surface area contributed by atoms with Crippen molar-refractivity contribution >= 4 is 11.8 Å². The lowest BCUT2D eigenvalue weighted by atomic mass is 10.2. The van der Waals surface area contributed by atoms with E-state index < -0.39 is 17.3 Å². The zero-order chi connectivity index (χ0) is 13.5. The Morgan fingerprint density at radius 1 is 1.67 bits per heavy atom. The number of ether oxygens (including phenoxy) is 1. The van der Waals surface area contributed by atoms with E-state index in [0.29, 0.717) is 6.42 Å². The molecule has 0 aliphatic carbocycles. The Morgan fingerprint density at radius 3 is 2.94 bits per heavy atom. The first-order valence-electron chi connectivity index (χ1n) is 5.34. The maximum Gasteiger partial charge on any atom is 0.338 e. The van der Waals surface area contributed by atoms with Crippen LogP contribution in [0.1, 0.15) is 16.8 Å². The molecule has 1 atom stereocenters. The number of pyridine rings is 1. The number of halogens is 1. The number of hydrogen-bond acceptors (Lipinski definition) is 5. The molecule has 1 aromatic heterocycles. The largest absolute Gasteiger partial charge is 0.478 e. The second-order valence-corrected chi connectivity index (χ2v) is 3.64. The highest BCUT2D eigenvalue weighted by Gasteiger charge is 2.17. The lowest BCUT2D eigenvalue weighted by molar-refractivity contribution is 0.0691. The quantitative estimate of drug-likeness (QED) is 0.667. The van der Waals surface area contributed by atoms with Crippen LogP contribution in [0.15, 0.2) is 12.3 Å². The number of nitrogens with zero attached hydrogens (tertiary/aromatic N) is 1. The monoisotopic (exact) mass is 258 g/mol. The van der Waals surface area contributed by atoms with Crippen LogP contribution in [0.2, 0.25) is 0 Å². The number of anilines is 1. The summed E-state index contributed by atoms with van der Waals surface area (Å²) in [5, 5.41) is 20.3. The number of carboxylic acid groups (broad SMARTS) is 1. The highest BCUT2D eigenvalue weighted by atomic mass is 19.1. The van der Waals surface area contributed by atoms with Gasteiger partial charge in [0.25, 0.3) is 0 Å². The van der Waals surface area contributed by atoms with Crippen LogP contribution in [-0.4, -0.2) is 47.5 Å². The lowest BCUT2D eigenvalue weighted by Gasteiger charge is -2.18. The summed E-state index contributed by atoms with van der Waals surface area (Å²) in [6, 6.07) is 0.742. The predicted octanol–water partition coefficient (Wildman–Crippen LogP) is 0.728. The van der Waals surface area contributed by atoms with Crippen molar-refractivity contribution in [2.75, 3.05) is 25.6 Å². The summed E-state index contributed by atoms with van der Waals surface area (Å²) >= 11 is 0. The van der Waals surface area contributed by atoms with E-state index in [0.717, 1.165) is 6.07 Å². The Morgan fingerprint density at radius 2 is 2.39 bits per heavy atom. The van der Waals surface area contributed by atoms with E-state index in [1.165, 1.54) is 13.3 Å². The van der Waals surface area contributed by atoms with Gasteiger partial charge in [0.05, 0.1) is 12.6 Å². The molecule has 100 valence electrons. The number of aliphatic hydroxyl groups is 1. The van der Waals surface area contributed by atoms with E-state index in [9.17, 15) is 9.18 Å². The Balaban J connectivity index is 2.88. The van der Waals surface area contributed by atoms with Gasteiger partial charge in [0, 0.05) is 19.9 Å². The normalized spacial score (nSPS) is 12.2. The number of carboxylic acids is 1. The second-order valence-electron chi connectivity index (χ2n) is 3.64. The van der Waals surface area contributed by atoms with Crippen molar-refractivity contribution in [1.82, 2.24) is 4.98 Å². The third-order valence-corrected chi connectivity index (χ3v) is 2.31. The van der Waals surface area contributed by atoms with E-state index in [4.69, 9.17) is 14.9 Å². The standard InChI is InChI=1S/C11H15FN2O4/c1-18-6-7(3-5-15)14-10-9(12)8(11(16)17)2-4-13-10/h2,4,7,15H,3,5-6H2,1H3,(H,13,14)(H,16,17). The van der Waals surface area contributed by atoms with Crippen LogP contribution in [0.3, 0.4) is 0 Å². The molecule has 0 amide bonds. The molecule has 7 heteroatoms. The SMILES string of the molecule is COCC(CCO)Nc1nccc(C(=O)O)c1F. The first-order chi connectivity index (χ1) is 8.60. The summed E-state index contributed by atoms with van der Waals surface area (Å²) in [6.45, 7) is 0.153. The zero-order valence-corrected chi connectivity index (χ0v) is 9.89.